The summed E-state index contributed by atoms with van der Waals surface area (Å²) < 4.78 is 0. The van der Waals surface area contributed by atoms with Crippen LogP contribution in [0, 0.1) is 0 Å². The molecule has 0 bridgehead atoms. The largest absolute Gasteiger partial charge is 0.329 e. The third-order valence-corrected chi connectivity index (χ3v) is 4.46. The van der Waals surface area contributed by atoms with Gasteiger partial charge in [-0.2, -0.15) is 0 Å². The van der Waals surface area contributed by atoms with Crippen LogP contribution in [-0.4, -0.2) is 46.3 Å². The van der Waals surface area contributed by atoms with Gasteiger partial charge in [-0.3, -0.25) is 9.59 Å². The summed E-state index contributed by atoms with van der Waals surface area (Å²) in [6.45, 7) is 2.77. The van der Waals surface area contributed by atoms with Crippen molar-refractivity contribution < 1.29 is 9.59 Å². The van der Waals surface area contributed by atoms with Crippen LogP contribution in [-0.2, 0) is 9.59 Å². The number of fused-ring (bicyclic) bond motifs is 1. The van der Waals surface area contributed by atoms with Crippen LogP contribution in [0.25, 0.3) is 0 Å². The molecular weight excluding hydrogens is 228 g/mol. The smallest absolute Gasteiger partial charge is 0.246 e. The van der Waals surface area contributed by atoms with Gasteiger partial charge in [0.25, 0.3) is 0 Å². The summed E-state index contributed by atoms with van der Waals surface area (Å²) in [5, 5.41) is 0. The minimum absolute atomic E-state index is 0.166. The molecule has 2 saturated heterocycles. The number of hydrogen-bond donors (Lipinski definition) is 0. The average molecular weight is 248 g/mol. The highest BCUT2D eigenvalue weighted by Crippen LogP contribution is 2.32. The van der Waals surface area contributed by atoms with Gasteiger partial charge in [-0.1, -0.05) is 19.1 Å². The molecule has 0 aromatic carbocycles. The third-order valence-electron chi connectivity index (χ3n) is 4.46. The third kappa shape index (κ3) is 1.58. The Morgan fingerprint density at radius 2 is 1.94 bits per heavy atom. The molecule has 0 aromatic rings. The topological polar surface area (TPSA) is 40.6 Å². The fourth-order valence-electron chi connectivity index (χ4n) is 3.56. The Bertz CT molecular complexity index is 397. The number of carbonyl (C=O) groups excluding carboxylic acids is 2. The van der Waals surface area contributed by atoms with Gasteiger partial charge < -0.3 is 9.80 Å². The van der Waals surface area contributed by atoms with E-state index in [4.69, 9.17) is 0 Å². The quantitative estimate of drug-likeness (QED) is 0.691. The van der Waals surface area contributed by atoms with Gasteiger partial charge in [0.15, 0.2) is 0 Å². The number of piperazine rings is 1. The van der Waals surface area contributed by atoms with E-state index in [0.29, 0.717) is 0 Å². The molecule has 2 aliphatic heterocycles. The maximum atomic E-state index is 12.6. The SMILES string of the molecule is CCC1C(=O)N2CCCC2C(=O)N1C1CC=CC1. The first-order valence-electron chi connectivity index (χ1n) is 7.01. The van der Waals surface area contributed by atoms with Crippen LogP contribution in [0.5, 0.6) is 0 Å². The van der Waals surface area contributed by atoms with E-state index >= 15 is 0 Å². The Balaban J connectivity index is 1.90. The molecule has 2 amide bonds. The van der Waals surface area contributed by atoms with E-state index in [-0.39, 0.29) is 29.9 Å². The molecule has 0 radical (unpaired) electrons. The van der Waals surface area contributed by atoms with Crippen LogP contribution in [0.2, 0.25) is 0 Å². The van der Waals surface area contributed by atoms with Crippen molar-refractivity contribution in [3.8, 4) is 0 Å². The van der Waals surface area contributed by atoms with Crippen LogP contribution in [0.4, 0.5) is 0 Å². The summed E-state index contributed by atoms with van der Waals surface area (Å²) in [5.41, 5.74) is 0. The molecule has 4 heteroatoms. The van der Waals surface area contributed by atoms with Gasteiger partial charge >= 0.3 is 0 Å². The molecule has 0 aromatic heterocycles. The highest BCUT2D eigenvalue weighted by molar-refractivity contribution is 5.97. The lowest BCUT2D eigenvalue weighted by atomic mass is 9.99. The lowest BCUT2D eigenvalue weighted by molar-refractivity contribution is -0.162. The van der Waals surface area contributed by atoms with Crippen molar-refractivity contribution in [1.82, 2.24) is 9.80 Å². The first-order valence-corrected chi connectivity index (χ1v) is 7.01. The van der Waals surface area contributed by atoms with Gasteiger partial charge in [0.1, 0.15) is 12.1 Å². The van der Waals surface area contributed by atoms with Gasteiger partial charge in [-0.05, 0) is 32.1 Å². The molecular formula is C14H20N2O2. The minimum atomic E-state index is -0.225. The van der Waals surface area contributed by atoms with Gasteiger partial charge in [0.05, 0.1) is 0 Å². The lowest BCUT2D eigenvalue weighted by Gasteiger charge is -2.45. The molecule has 2 heterocycles. The minimum Gasteiger partial charge on any atom is -0.329 e. The second-order valence-corrected chi connectivity index (χ2v) is 5.46. The Kier molecular flexibility index (Phi) is 2.88. The van der Waals surface area contributed by atoms with Gasteiger partial charge in [-0.25, -0.2) is 0 Å². The van der Waals surface area contributed by atoms with Crippen molar-refractivity contribution in [2.24, 2.45) is 0 Å². The molecule has 2 unspecified atom stereocenters. The molecule has 0 saturated carbocycles. The number of amides is 2. The first kappa shape index (κ1) is 11.8. The summed E-state index contributed by atoms with van der Waals surface area (Å²) in [4.78, 5) is 28.8. The van der Waals surface area contributed by atoms with Crippen LogP contribution in [0.3, 0.4) is 0 Å². The van der Waals surface area contributed by atoms with E-state index in [1.54, 1.807) is 0 Å². The van der Waals surface area contributed by atoms with Gasteiger partial charge in [-0.15, -0.1) is 0 Å². The zero-order chi connectivity index (χ0) is 12.7. The van der Waals surface area contributed by atoms with E-state index in [1.807, 2.05) is 16.7 Å². The monoisotopic (exact) mass is 248 g/mol. The van der Waals surface area contributed by atoms with Crippen molar-refractivity contribution in [2.45, 2.75) is 57.2 Å². The molecule has 3 aliphatic rings. The summed E-state index contributed by atoms with van der Waals surface area (Å²) in [5.74, 6) is 0.360. The van der Waals surface area contributed by atoms with Crippen molar-refractivity contribution in [2.75, 3.05) is 6.54 Å². The van der Waals surface area contributed by atoms with E-state index in [0.717, 1.165) is 38.6 Å². The van der Waals surface area contributed by atoms with Crippen LogP contribution in [0.15, 0.2) is 12.2 Å². The van der Waals surface area contributed by atoms with Crippen molar-refractivity contribution in [1.29, 1.82) is 0 Å². The van der Waals surface area contributed by atoms with Gasteiger partial charge in [0, 0.05) is 12.6 Å². The van der Waals surface area contributed by atoms with E-state index in [9.17, 15) is 9.59 Å². The van der Waals surface area contributed by atoms with Crippen molar-refractivity contribution in [3.05, 3.63) is 12.2 Å². The van der Waals surface area contributed by atoms with Crippen LogP contribution < -0.4 is 0 Å². The van der Waals surface area contributed by atoms with Crippen LogP contribution in [0.1, 0.15) is 39.0 Å². The fraction of sp³-hybridized carbons (Fsp3) is 0.714. The lowest BCUT2D eigenvalue weighted by Crippen LogP contribution is -2.64. The molecule has 0 N–H and O–H groups in total. The Labute approximate surface area is 108 Å². The van der Waals surface area contributed by atoms with Crippen LogP contribution >= 0.6 is 0 Å². The van der Waals surface area contributed by atoms with Gasteiger partial charge in [0.2, 0.25) is 11.8 Å². The standard InChI is InChI=1S/C14H20N2O2/c1-2-11-13(17)15-9-5-8-12(15)14(18)16(11)10-6-3-4-7-10/h3-4,10-12H,2,5-9H2,1H3. The Hall–Kier alpha value is -1.32. The molecule has 1 aliphatic carbocycles. The Morgan fingerprint density at radius 1 is 1.22 bits per heavy atom. The number of carbonyl (C=O) groups is 2. The van der Waals surface area contributed by atoms with Crippen molar-refractivity contribution in [3.63, 3.8) is 0 Å². The maximum Gasteiger partial charge on any atom is 0.246 e. The Morgan fingerprint density at radius 3 is 2.61 bits per heavy atom. The maximum absolute atomic E-state index is 12.6. The number of rotatable bonds is 2. The summed E-state index contributed by atoms with van der Waals surface area (Å²) in [7, 11) is 0. The van der Waals surface area contributed by atoms with E-state index < -0.39 is 0 Å². The van der Waals surface area contributed by atoms with E-state index in [1.165, 1.54) is 0 Å². The summed E-state index contributed by atoms with van der Waals surface area (Å²) in [6, 6.07) is -0.174. The number of hydrogen-bond acceptors (Lipinski definition) is 2. The highest BCUT2D eigenvalue weighted by Gasteiger charge is 2.48. The molecule has 2 atom stereocenters. The first-order chi connectivity index (χ1) is 8.74. The molecule has 0 spiro atoms. The average Bonchev–Trinajstić information content (AvgIpc) is 3.02. The molecule has 3 rings (SSSR count). The normalized spacial score (nSPS) is 32.5. The molecule has 2 fully saturated rings. The summed E-state index contributed by atoms with van der Waals surface area (Å²) >= 11 is 0. The second-order valence-electron chi connectivity index (χ2n) is 5.46. The van der Waals surface area contributed by atoms with E-state index in [2.05, 4.69) is 12.2 Å². The zero-order valence-corrected chi connectivity index (χ0v) is 10.8. The molecule has 18 heavy (non-hydrogen) atoms. The molecule has 4 nitrogen and oxygen atoms in total. The van der Waals surface area contributed by atoms with Crippen molar-refractivity contribution >= 4 is 11.8 Å². The zero-order valence-electron chi connectivity index (χ0n) is 10.8. The number of nitrogens with zero attached hydrogens (tertiary/aromatic N) is 2. The molecule has 98 valence electrons. The summed E-state index contributed by atoms with van der Waals surface area (Å²) in [6.07, 6.45) is 8.59. The highest BCUT2D eigenvalue weighted by atomic mass is 16.2. The fourth-order valence-corrected chi connectivity index (χ4v) is 3.56. The predicted octanol–water partition coefficient (Wildman–Crippen LogP) is 1.32. The predicted molar refractivity (Wildman–Crippen MR) is 67.8 cm³/mol. The second kappa shape index (κ2) is 4.41.